The van der Waals surface area contributed by atoms with Crippen molar-refractivity contribution < 1.29 is 4.42 Å². The number of rotatable bonds is 5. The third-order valence-electron chi connectivity index (χ3n) is 13.8. The fraction of sp³-hybridized carbons (Fsp3) is 0.0794. The van der Waals surface area contributed by atoms with Crippen molar-refractivity contribution in [2.24, 2.45) is 0 Å². The summed E-state index contributed by atoms with van der Waals surface area (Å²) in [6.45, 7) is 8.73. The lowest BCUT2D eigenvalue weighted by Crippen LogP contribution is -2.14. The summed E-state index contributed by atoms with van der Waals surface area (Å²) in [6.07, 6.45) is 0. The fourth-order valence-electron chi connectivity index (χ4n) is 10.7. The monoisotopic (exact) mass is 911 g/mol. The normalized spacial score (nSPS) is 12.7. The molecule has 10 aromatic carbocycles. The summed E-state index contributed by atoms with van der Waals surface area (Å²) in [7, 11) is 0. The Morgan fingerprint density at radius 2 is 0.955 bits per heavy atom. The van der Waals surface area contributed by atoms with Crippen LogP contribution in [0.25, 0.3) is 116 Å². The van der Waals surface area contributed by atoms with E-state index < -0.39 is 0 Å². The lowest BCUT2D eigenvalue weighted by atomic mass is 9.82. The Hall–Kier alpha value is -7.46. The molecule has 0 spiro atoms. The molecule has 66 heavy (non-hydrogen) atoms. The van der Waals surface area contributed by atoms with Crippen LogP contribution in [-0.2, 0) is 5.41 Å². The molecule has 316 valence electrons. The Kier molecular flexibility index (Phi) is 9.48. The maximum atomic E-state index is 6.25. The lowest BCUT2D eigenvalue weighted by molar-refractivity contribution is 0.660. The van der Waals surface area contributed by atoms with Crippen LogP contribution in [0.15, 0.2) is 215 Å². The molecule has 12 aromatic rings. The zero-order chi connectivity index (χ0) is 44.7. The van der Waals surface area contributed by atoms with Gasteiger partial charge in [0.1, 0.15) is 11.2 Å². The van der Waals surface area contributed by atoms with Crippen LogP contribution in [0.2, 0.25) is 0 Å². The minimum absolute atomic E-state index is 0.117. The highest BCUT2D eigenvalue weighted by atomic mass is 79.9. The lowest BCUT2D eigenvalue weighted by Gasteiger charge is -2.21. The van der Waals surface area contributed by atoms with Crippen molar-refractivity contribution in [1.29, 1.82) is 0 Å². The van der Waals surface area contributed by atoms with Gasteiger partial charge in [-0.05, 0) is 156 Å². The second-order valence-electron chi connectivity index (χ2n) is 17.8. The van der Waals surface area contributed by atoms with Crippen LogP contribution in [0.5, 0.6) is 0 Å². The number of furan rings is 1. The summed E-state index contributed by atoms with van der Waals surface area (Å²) in [5.41, 5.74) is 20.2. The first-order valence-corrected chi connectivity index (χ1v) is 23.8. The highest BCUT2D eigenvalue weighted by Gasteiger charge is 2.36. The number of benzene rings is 10. The molecule has 0 unspecified atom stereocenters. The summed E-state index contributed by atoms with van der Waals surface area (Å²) in [6, 6.07) is 75.7. The Morgan fingerprint density at radius 3 is 1.71 bits per heavy atom. The third-order valence-corrected chi connectivity index (χ3v) is 14.3. The van der Waals surface area contributed by atoms with Gasteiger partial charge in [-0.2, -0.15) is 0 Å². The van der Waals surface area contributed by atoms with Gasteiger partial charge in [-0.25, -0.2) is 0 Å². The first-order valence-electron chi connectivity index (χ1n) is 23.0. The summed E-state index contributed by atoms with van der Waals surface area (Å²) >= 11 is 3.92. The molecule has 1 aliphatic carbocycles. The van der Waals surface area contributed by atoms with Crippen LogP contribution in [0.4, 0.5) is 0 Å². The van der Waals surface area contributed by atoms with Gasteiger partial charge in [0.25, 0.3) is 0 Å². The van der Waals surface area contributed by atoms with E-state index in [-0.39, 0.29) is 5.41 Å². The van der Waals surface area contributed by atoms with Crippen LogP contribution in [0.3, 0.4) is 0 Å². The van der Waals surface area contributed by atoms with Gasteiger partial charge in [0, 0.05) is 37.1 Å². The topological polar surface area (TPSA) is 18.1 Å². The van der Waals surface area contributed by atoms with E-state index in [2.05, 4.69) is 228 Å². The SMILES string of the molecule is CC.CC1(C)c2ccc(-c3cc(Br)cc(-c4ccc5ccc(-c6cccc7oc8ccccc8c67)cc5c4)c3)cc2-c2cc(-c3ccc4c5ccccc5n(-c5ccccc5)c4c3)ccc21. The van der Waals surface area contributed by atoms with E-state index >= 15 is 0 Å². The molecule has 0 saturated carbocycles. The zero-order valence-corrected chi connectivity index (χ0v) is 38.9. The molecule has 0 radical (unpaired) electrons. The summed E-state index contributed by atoms with van der Waals surface area (Å²) in [4.78, 5) is 0. The van der Waals surface area contributed by atoms with Crippen LogP contribution < -0.4 is 0 Å². The molecule has 2 nitrogen and oxygen atoms in total. The molecular weight excluding hydrogens is 867 g/mol. The van der Waals surface area contributed by atoms with Crippen LogP contribution >= 0.6 is 15.9 Å². The summed E-state index contributed by atoms with van der Waals surface area (Å²) < 4.78 is 9.70. The second-order valence-corrected chi connectivity index (χ2v) is 18.8. The number of nitrogens with zero attached hydrogens (tertiary/aromatic N) is 1. The van der Waals surface area contributed by atoms with Crippen molar-refractivity contribution in [1.82, 2.24) is 4.57 Å². The zero-order valence-electron chi connectivity index (χ0n) is 37.4. The number of hydrogen-bond donors (Lipinski definition) is 0. The van der Waals surface area contributed by atoms with E-state index in [1.165, 1.54) is 105 Å². The van der Waals surface area contributed by atoms with Crippen molar-refractivity contribution >= 4 is 70.4 Å². The Balaban J connectivity index is 0.00000225. The van der Waals surface area contributed by atoms with E-state index in [9.17, 15) is 0 Å². The molecule has 0 amide bonds. The Morgan fingerprint density at radius 1 is 0.394 bits per heavy atom. The van der Waals surface area contributed by atoms with Crippen molar-refractivity contribution in [3.63, 3.8) is 0 Å². The molecule has 3 heteroatoms. The van der Waals surface area contributed by atoms with Crippen molar-refractivity contribution in [3.8, 4) is 61.3 Å². The molecule has 0 saturated heterocycles. The van der Waals surface area contributed by atoms with Crippen LogP contribution in [0.1, 0.15) is 38.8 Å². The van der Waals surface area contributed by atoms with E-state index in [0.29, 0.717) is 0 Å². The number of fused-ring (bicyclic) bond motifs is 10. The average Bonchev–Trinajstić information content (AvgIpc) is 3.99. The Labute approximate surface area is 393 Å². The molecular formula is C63H46BrNO. The number of aromatic nitrogens is 1. The smallest absolute Gasteiger partial charge is 0.136 e. The molecule has 0 N–H and O–H groups in total. The maximum Gasteiger partial charge on any atom is 0.136 e. The summed E-state index contributed by atoms with van der Waals surface area (Å²) in [5.74, 6) is 0. The van der Waals surface area contributed by atoms with Crippen molar-refractivity contribution in [3.05, 3.63) is 222 Å². The third kappa shape index (κ3) is 6.36. The second kappa shape index (κ2) is 15.6. The molecule has 2 heterocycles. The van der Waals surface area contributed by atoms with Crippen LogP contribution in [-0.4, -0.2) is 4.57 Å². The van der Waals surface area contributed by atoms with E-state index in [1.54, 1.807) is 0 Å². The van der Waals surface area contributed by atoms with Gasteiger partial charge >= 0.3 is 0 Å². The highest BCUT2D eigenvalue weighted by molar-refractivity contribution is 9.10. The van der Waals surface area contributed by atoms with Gasteiger partial charge in [0.05, 0.1) is 11.0 Å². The van der Waals surface area contributed by atoms with Gasteiger partial charge in [0.15, 0.2) is 0 Å². The van der Waals surface area contributed by atoms with Gasteiger partial charge < -0.3 is 8.98 Å². The van der Waals surface area contributed by atoms with Gasteiger partial charge in [-0.3, -0.25) is 0 Å². The van der Waals surface area contributed by atoms with Crippen LogP contribution in [0, 0.1) is 0 Å². The maximum absolute atomic E-state index is 6.25. The quantitative estimate of drug-likeness (QED) is 0.168. The molecule has 0 fully saturated rings. The Bertz CT molecular complexity index is 3890. The summed E-state index contributed by atoms with van der Waals surface area (Å²) in [5, 5.41) is 7.25. The molecule has 13 rings (SSSR count). The van der Waals surface area contributed by atoms with Crippen molar-refractivity contribution in [2.75, 3.05) is 0 Å². The first-order chi connectivity index (χ1) is 32.4. The molecule has 1 aliphatic rings. The highest BCUT2D eigenvalue weighted by Crippen LogP contribution is 2.51. The van der Waals surface area contributed by atoms with E-state index in [0.717, 1.165) is 26.4 Å². The van der Waals surface area contributed by atoms with Crippen molar-refractivity contribution in [2.45, 2.75) is 33.1 Å². The predicted octanol–water partition coefficient (Wildman–Crippen LogP) is 18.6. The van der Waals surface area contributed by atoms with Gasteiger partial charge in [0.2, 0.25) is 0 Å². The molecule has 0 aliphatic heterocycles. The number of para-hydroxylation sites is 3. The average molecular weight is 913 g/mol. The minimum atomic E-state index is -0.117. The van der Waals surface area contributed by atoms with Gasteiger partial charge in [-0.15, -0.1) is 0 Å². The number of halogens is 1. The van der Waals surface area contributed by atoms with E-state index in [4.69, 9.17) is 4.42 Å². The van der Waals surface area contributed by atoms with Gasteiger partial charge in [-0.1, -0.05) is 171 Å². The largest absolute Gasteiger partial charge is 0.456 e. The molecule has 0 atom stereocenters. The van der Waals surface area contributed by atoms with E-state index in [1.807, 2.05) is 26.0 Å². The first kappa shape index (κ1) is 40.1. The predicted molar refractivity (Wildman–Crippen MR) is 284 cm³/mol. The molecule has 2 aromatic heterocycles. The molecule has 0 bridgehead atoms. The minimum Gasteiger partial charge on any atom is -0.456 e. The standard InChI is InChI=1S/C61H40BrNO.C2H6/c1-61(2)54-27-24-39(41-23-26-50-49-13-6-8-16-56(49)63(57(50)36-41)47-11-4-3-5-12-47)34-52(54)53-35-40(25-28-55(53)61)45-31-44(32-46(62)33-45)38-21-19-37-20-22-42(30-43(37)29-38)48-15-10-18-59-60(48)51-14-7-9-17-58(51)64-59;1-2/h3-36H,1-2H3;1-2H3. The number of hydrogen-bond acceptors (Lipinski definition) is 1. The fourth-order valence-corrected chi connectivity index (χ4v) is 11.2.